The average molecular weight is 319 g/mol. The Bertz CT molecular complexity index is 540. The minimum absolute atomic E-state index is 0.0776. The monoisotopic (exact) mass is 319 g/mol. The normalized spacial score (nSPS) is 12.1. The van der Waals surface area contributed by atoms with Crippen molar-refractivity contribution in [2.75, 3.05) is 6.61 Å². The van der Waals surface area contributed by atoms with Gasteiger partial charge in [-0.3, -0.25) is 10.1 Å². The van der Waals surface area contributed by atoms with Crippen molar-refractivity contribution in [3.05, 3.63) is 27.8 Å². The molecular formula is C10H7F6NO4. The Balaban J connectivity index is 3.57. The predicted octanol–water partition coefficient (Wildman–Crippen LogP) is 3.91. The molecule has 0 aliphatic rings. The lowest BCUT2D eigenvalue weighted by molar-refractivity contribution is -0.385. The molecule has 0 N–H and O–H groups in total. The molecule has 0 spiro atoms. The molecule has 0 saturated carbocycles. The summed E-state index contributed by atoms with van der Waals surface area (Å²) in [6, 6.07) is 0.294. The molecular weight excluding hydrogens is 312 g/mol. The van der Waals surface area contributed by atoms with Crippen LogP contribution in [0.2, 0.25) is 0 Å². The second kappa shape index (κ2) is 5.66. The van der Waals surface area contributed by atoms with Crippen molar-refractivity contribution in [1.29, 1.82) is 0 Å². The highest BCUT2D eigenvalue weighted by atomic mass is 19.4. The number of ether oxygens (including phenoxy) is 2. The van der Waals surface area contributed by atoms with Crippen molar-refractivity contribution < 1.29 is 40.7 Å². The van der Waals surface area contributed by atoms with E-state index < -0.39 is 46.8 Å². The van der Waals surface area contributed by atoms with Crippen LogP contribution in [0, 0.1) is 10.1 Å². The molecule has 0 unspecified atom stereocenters. The molecule has 0 aliphatic heterocycles. The van der Waals surface area contributed by atoms with E-state index in [1.165, 1.54) is 6.92 Å². The molecule has 1 aromatic rings. The van der Waals surface area contributed by atoms with Crippen molar-refractivity contribution in [2.45, 2.75) is 19.5 Å². The Morgan fingerprint density at radius 3 is 2.14 bits per heavy atom. The van der Waals surface area contributed by atoms with E-state index in [1.54, 1.807) is 0 Å². The van der Waals surface area contributed by atoms with Gasteiger partial charge in [-0.1, -0.05) is 0 Å². The van der Waals surface area contributed by atoms with E-state index in [0.717, 1.165) is 0 Å². The third-order valence-electron chi connectivity index (χ3n) is 2.07. The molecule has 0 radical (unpaired) electrons. The molecule has 0 saturated heterocycles. The van der Waals surface area contributed by atoms with Gasteiger partial charge in [0, 0.05) is 6.07 Å². The average Bonchev–Trinajstić information content (AvgIpc) is 2.27. The number of non-ortho nitro benzene ring substituents is 1. The van der Waals surface area contributed by atoms with Gasteiger partial charge in [-0.25, -0.2) is 0 Å². The van der Waals surface area contributed by atoms with Crippen molar-refractivity contribution in [1.82, 2.24) is 0 Å². The van der Waals surface area contributed by atoms with Crippen LogP contribution >= 0.6 is 0 Å². The molecule has 0 aromatic heterocycles. The molecule has 0 aliphatic carbocycles. The first-order chi connectivity index (χ1) is 9.45. The van der Waals surface area contributed by atoms with Crippen LogP contribution in [-0.2, 0) is 6.18 Å². The fourth-order valence-electron chi connectivity index (χ4n) is 1.40. The van der Waals surface area contributed by atoms with E-state index in [4.69, 9.17) is 0 Å². The van der Waals surface area contributed by atoms with Gasteiger partial charge in [0.05, 0.1) is 17.6 Å². The maximum absolute atomic E-state index is 12.8. The van der Waals surface area contributed by atoms with Crippen LogP contribution in [0.4, 0.5) is 32.0 Å². The van der Waals surface area contributed by atoms with E-state index in [0.29, 0.717) is 0 Å². The van der Waals surface area contributed by atoms with Crippen LogP contribution in [0.5, 0.6) is 11.5 Å². The first-order valence-corrected chi connectivity index (χ1v) is 5.24. The number of rotatable bonds is 4. The summed E-state index contributed by atoms with van der Waals surface area (Å²) in [4.78, 5) is 9.26. The van der Waals surface area contributed by atoms with Crippen molar-refractivity contribution in [3.63, 3.8) is 0 Å². The molecule has 118 valence electrons. The van der Waals surface area contributed by atoms with Gasteiger partial charge in [-0.2, -0.15) is 13.2 Å². The lowest BCUT2D eigenvalue weighted by Gasteiger charge is -2.18. The number of nitro benzene ring substituents is 1. The van der Waals surface area contributed by atoms with E-state index in [-0.39, 0.29) is 12.1 Å². The minimum Gasteiger partial charge on any atom is -0.489 e. The zero-order valence-corrected chi connectivity index (χ0v) is 10.2. The highest BCUT2D eigenvalue weighted by molar-refractivity contribution is 5.55. The zero-order valence-electron chi connectivity index (χ0n) is 10.2. The van der Waals surface area contributed by atoms with Gasteiger partial charge in [0.15, 0.2) is 11.5 Å². The third kappa shape index (κ3) is 4.39. The van der Waals surface area contributed by atoms with Crippen molar-refractivity contribution >= 4 is 5.69 Å². The topological polar surface area (TPSA) is 61.6 Å². The Kier molecular flexibility index (Phi) is 4.54. The largest absolute Gasteiger partial charge is 0.573 e. The number of nitro groups is 1. The molecule has 1 aromatic carbocycles. The summed E-state index contributed by atoms with van der Waals surface area (Å²) in [5, 5.41) is 10.5. The van der Waals surface area contributed by atoms with Gasteiger partial charge in [0.25, 0.3) is 5.69 Å². The lowest BCUT2D eigenvalue weighted by Crippen LogP contribution is -2.19. The quantitative estimate of drug-likeness (QED) is 0.479. The fourth-order valence-corrected chi connectivity index (χ4v) is 1.40. The molecule has 11 heteroatoms. The van der Waals surface area contributed by atoms with Gasteiger partial charge in [-0.15, -0.1) is 13.2 Å². The molecule has 0 atom stereocenters. The lowest BCUT2D eigenvalue weighted by atomic mass is 10.1. The number of hydrogen-bond acceptors (Lipinski definition) is 4. The van der Waals surface area contributed by atoms with Crippen molar-refractivity contribution in [3.8, 4) is 11.5 Å². The molecule has 0 fully saturated rings. The standard InChI is InChI=1S/C10H7F6NO4/c1-2-20-8-6(9(11,12)13)3-5(17(18)19)4-7(8)21-10(14,15)16/h3-4H,2H2,1H3. The molecule has 21 heavy (non-hydrogen) atoms. The number of nitrogens with zero attached hydrogens (tertiary/aromatic N) is 1. The Morgan fingerprint density at radius 1 is 1.19 bits per heavy atom. The summed E-state index contributed by atoms with van der Waals surface area (Å²) >= 11 is 0. The smallest absolute Gasteiger partial charge is 0.489 e. The summed E-state index contributed by atoms with van der Waals surface area (Å²) in [7, 11) is 0. The molecule has 1 rings (SSSR count). The first kappa shape index (κ1) is 16.9. The molecule has 0 heterocycles. The molecule has 0 bridgehead atoms. The highest BCUT2D eigenvalue weighted by Gasteiger charge is 2.41. The van der Waals surface area contributed by atoms with Crippen molar-refractivity contribution in [2.24, 2.45) is 0 Å². The number of alkyl halides is 6. The Morgan fingerprint density at radius 2 is 1.76 bits per heavy atom. The predicted molar refractivity (Wildman–Crippen MR) is 56.0 cm³/mol. The van der Waals surface area contributed by atoms with Crippen LogP contribution in [0.25, 0.3) is 0 Å². The summed E-state index contributed by atoms with van der Waals surface area (Å²) in [5.41, 5.74) is -2.93. The van der Waals surface area contributed by atoms with Crippen LogP contribution < -0.4 is 9.47 Å². The van der Waals surface area contributed by atoms with Gasteiger partial charge in [0.1, 0.15) is 5.56 Å². The highest BCUT2D eigenvalue weighted by Crippen LogP contribution is 2.45. The molecule has 5 nitrogen and oxygen atoms in total. The van der Waals surface area contributed by atoms with E-state index in [1.807, 2.05) is 0 Å². The third-order valence-corrected chi connectivity index (χ3v) is 2.07. The van der Waals surface area contributed by atoms with E-state index in [9.17, 15) is 36.5 Å². The maximum atomic E-state index is 12.8. The van der Waals surface area contributed by atoms with Gasteiger partial charge in [0.2, 0.25) is 0 Å². The first-order valence-electron chi connectivity index (χ1n) is 5.24. The van der Waals surface area contributed by atoms with Crippen LogP contribution in [0.15, 0.2) is 12.1 Å². The summed E-state index contributed by atoms with van der Waals surface area (Å²) in [6.45, 7) is 0.841. The SMILES string of the molecule is CCOc1c(OC(F)(F)F)cc([N+](=O)[O-])cc1C(F)(F)F. The minimum atomic E-state index is -5.33. The van der Waals surface area contributed by atoms with Gasteiger partial charge in [-0.05, 0) is 6.92 Å². The van der Waals surface area contributed by atoms with Gasteiger partial charge < -0.3 is 9.47 Å². The van der Waals surface area contributed by atoms with E-state index >= 15 is 0 Å². The van der Waals surface area contributed by atoms with Crippen LogP contribution in [0.3, 0.4) is 0 Å². The molecule has 0 amide bonds. The van der Waals surface area contributed by atoms with Gasteiger partial charge >= 0.3 is 12.5 Å². The maximum Gasteiger partial charge on any atom is 0.573 e. The Labute approximate surface area is 113 Å². The second-order valence-electron chi connectivity index (χ2n) is 3.56. The van der Waals surface area contributed by atoms with Crippen LogP contribution in [-0.4, -0.2) is 17.9 Å². The number of hydrogen-bond donors (Lipinski definition) is 0. The second-order valence-corrected chi connectivity index (χ2v) is 3.56. The Hall–Kier alpha value is -2.20. The zero-order chi connectivity index (χ0) is 16.4. The van der Waals surface area contributed by atoms with Crippen LogP contribution in [0.1, 0.15) is 12.5 Å². The summed E-state index contributed by atoms with van der Waals surface area (Å²) < 4.78 is 82.8. The van der Waals surface area contributed by atoms with E-state index in [2.05, 4.69) is 9.47 Å². The summed E-state index contributed by atoms with van der Waals surface area (Å²) in [6.07, 6.45) is -10.5. The number of benzene rings is 1. The number of halogens is 6. The summed E-state index contributed by atoms with van der Waals surface area (Å²) in [5.74, 6) is -2.68. The fraction of sp³-hybridized carbons (Fsp3) is 0.400.